The van der Waals surface area contributed by atoms with Crippen molar-refractivity contribution in [2.45, 2.75) is 13.5 Å². The van der Waals surface area contributed by atoms with Gasteiger partial charge in [0.1, 0.15) is 11.2 Å². The summed E-state index contributed by atoms with van der Waals surface area (Å²) in [6.45, 7) is 3.96. The first-order valence-electron chi connectivity index (χ1n) is 2.94. The molecule has 3 heteroatoms. The average molecular weight is 141 g/mol. The molecule has 0 aromatic carbocycles. The largest absolute Gasteiger partial charge is 0.311 e. The average Bonchev–Trinajstić information content (AvgIpc) is 2.34. The van der Waals surface area contributed by atoms with E-state index in [-0.39, 0.29) is 0 Å². The van der Waals surface area contributed by atoms with Gasteiger partial charge in [0.15, 0.2) is 0 Å². The molecule has 0 unspecified atom stereocenters. The number of hydrogen-bond donors (Lipinski definition) is 1. The number of nitrogens with zero attached hydrogens (tertiary/aromatic N) is 1. The molecule has 0 aliphatic carbocycles. The molecule has 0 aliphatic heterocycles. The maximum absolute atomic E-state index is 3.98. The van der Waals surface area contributed by atoms with Gasteiger partial charge < -0.3 is 5.32 Å². The van der Waals surface area contributed by atoms with E-state index in [9.17, 15) is 0 Å². The monoisotopic (exact) mass is 141 g/mol. The van der Waals surface area contributed by atoms with Crippen LogP contribution in [0.25, 0.3) is 0 Å². The molecule has 0 fully saturated rings. The van der Waals surface area contributed by atoms with Crippen molar-refractivity contribution in [2.75, 3.05) is 6.54 Å². The number of nitrogens with one attached hydrogen (secondary N) is 1. The van der Waals surface area contributed by atoms with Gasteiger partial charge in [0.2, 0.25) is 0 Å². The fraction of sp³-hybridized carbons (Fsp3) is 0.500. The Balaban J connectivity index is 2.30. The molecule has 0 aliphatic rings. The first-order valence-corrected chi connectivity index (χ1v) is 3.82. The van der Waals surface area contributed by atoms with E-state index < -0.39 is 0 Å². The van der Waals surface area contributed by atoms with Crippen LogP contribution in [0.4, 0.5) is 0 Å². The van der Waals surface area contributed by atoms with Crippen molar-refractivity contribution in [3.63, 3.8) is 0 Å². The Morgan fingerprint density at radius 3 is 3.33 bits per heavy atom. The highest BCUT2D eigenvalue weighted by Crippen LogP contribution is 2.01. The second-order valence-electron chi connectivity index (χ2n) is 1.65. The molecule has 0 amide bonds. The van der Waals surface area contributed by atoms with Crippen LogP contribution in [0.3, 0.4) is 0 Å². The Morgan fingerprint density at radius 1 is 1.89 bits per heavy atom. The van der Waals surface area contributed by atoms with Gasteiger partial charge in [-0.15, -0.1) is 11.3 Å². The van der Waals surface area contributed by atoms with E-state index in [1.165, 1.54) is 0 Å². The molecule has 0 saturated carbocycles. The van der Waals surface area contributed by atoms with E-state index in [1.54, 1.807) is 11.3 Å². The van der Waals surface area contributed by atoms with E-state index in [0.29, 0.717) is 0 Å². The number of thiazole rings is 1. The number of rotatable bonds is 3. The summed E-state index contributed by atoms with van der Waals surface area (Å²) < 4.78 is 0. The fourth-order valence-electron chi connectivity index (χ4n) is 0.532. The predicted molar refractivity (Wildman–Crippen MR) is 38.3 cm³/mol. The van der Waals surface area contributed by atoms with Gasteiger partial charge in [0.25, 0.3) is 0 Å². The lowest BCUT2D eigenvalue weighted by atomic mass is 10.6. The van der Waals surface area contributed by atoms with Crippen molar-refractivity contribution in [1.82, 2.24) is 10.3 Å². The first-order chi connectivity index (χ1) is 4.43. The van der Waals surface area contributed by atoms with Crippen molar-refractivity contribution in [3.8, 4) is 0 Å². The quantitative estimate of drug-likeness (QED) is 0.680. The highest BCUT2D eigenvalue weighted by atomic mass is 32.1. The van der Waals surface area contributed by atoms with Gasteiger partial charge in [-0.2, -0.15) is 0 Å². The van der Waals surface area contributed by atoms with E-state index >= 15 is 0 Å². The van der Waals surface area contributed by atoms with Gasteiger partial charge in [0, 0.05) is 11.9 Å². The van der Waals surface area contributed by atoms with Crippen molar-refractivity contribution >= 4 is 11.3 Å². The Morgan fingerprint density at radius 2 is 2.78 bits per heavy atom. The zero-order chi connectivity index (χ0) is 6.53. The molecule has 1 aromatic rings. The van der Waals surface area contributed by atoms with E-state index in [0.717, 1.165) is 18.1 Å². The van der Waals surface area contributed by atoms with Crippen molar-refractivity contribution in [2.24, 2.45) is 0 Å². The summed E-state index contributed by atoms with van der Waals surface area (Å²) >= 11 is 1.63. The lowest BCUT2D eigenvalue weighted by Gasteiger charge is -1.93. The maximum atomic E-state index is 3.98. The maximum Gasteiger partial charge on any atom is 0.107 e. The van der Waals surface area contributed by atoms with Crippen LogP contribution < -0.4 is 5.32 Å². The van der Waals surface area contributed by atoms with Crippen LogP contribution in [0, 0.1) is 6.20 Å². The van der Waals surface area contributed by atoms with Crippen LogP contribution in [0.5, 0.6) is 0 Å². The summed E-state index contributed by atoms with van der Waals surface area (Å²) in [5, 5.41) is 6.15. The summed E-state index contributed by atoms with van der Waals surface area (Å²) in [5.41, 5.74) is 0. The van der Waals surface area contributed by atoms with E-state index in [2.05, 4.69) is 23.4 Å². The van der Waals surface area contributed by atoms with Crippen LogP contribution in [-0.4, -0.2) is 11.5 Å². The fourth-order valence-corrected chi connectivity index (χ4v) is 1.06. The topological polar surface area (TPSA) is 24.9 Å². The van der Waals surface area contributed by atoms with Gasteiger partial charge in [0.05, 0.1) is 0 Å². The Kier molecular flexibility index (Phi) is 2.67. The molecule has 1 aromatic heterocycles. The molecule has 1 heterocycles. The standard InChI is InChI=1S/C6H9N2S/c1-2-7-5-6-8-3-4-9-6/h4,7H,2,5H2,1H3. The lowest BCUT2D eigenvalue weighted by molar-refractivity contribution is 0.722. The molecule has 0 saturated heterocycles. The SMILES string of the molecule is CCNCc1n[c]cs1. The smallest absolute Gasteiger partial charge is 0.107 e. The third-order valence-corrected chi connectivity index (χ3v) is 1.69. The summed E-state index contributed by atoms with van der Waals surface area (Å²) in [7, 11) is 0. The second-order valence-corrected chi connectivity index (χ2v) is 2.59. The zero-order valence-electron chi connectivity index (χ0n) is 5.35. The van der Waals surface area contributed by atoms with Crippen LogP contribution >= 0.6 is 11.3 Å². The molecule has 1 rings (SSSR count). The summed E-state index contributed by atoms with van der Waals surface area (Å²) in [5.74, 6) is 0. The minimum Gasteiger partial charge on any atom is -0.311 e. The second kappa shape index (κ2) is 3.58. The minimum atomic E-state index is 0.880. The van der Waals surface area contributed by atoms with Gasteiger partial charge in [-0.25, -0.2) is 4.98 Å². The van der Waals surface area contributed by atoms with E-state index in [4.69, 9.17) is 0 Å². The van der Waals surface area contributed by atoms with Crippen molar-refractivity contribution < 1.29 is 0 Å². The highest BCUT2D eigenvalue weighted by Gasteiger charge is 1.90. The highest BCUT2D eigenvalue weighted by molar-refractivity contribution is 7.09. The van der Waals surface area contributed by atoms with E-state index in [1.807, 2.05) is 5.38 Å². The molecule has 0 bridgehead atoms. The normalized spacial score (nSPS) is 9.89. The lowest BCUT2D eigenvalue weighted by Crippen LogP contribution is -2.11. The molecule has 9 heavy (non-hydrogen) atoms. The number of aromatic nitrogens is 1. The van der Waals surface area contributed by atoms with Crippen molar-refractivity contribution in [3.05, 3.63) is 16.6 Å². The van der Waals surface area contributed by atoms with Crippen LogP contribution in [0.1, 0.15) is 11.9 Å². The van der Waals surface area contributed by atoms with Crippen LogP contribution in [0.2, 0.25) is 0 Å². The molecule has 1 radical (unpaired) electrons. The zero-order valence-corrected chi connectivity index (χ0v) is 6.16. The predicted octanol–water partition coefficient (Wildman–Crippen LogP) is 1.05. The van der Waals surface area contributed by atoms with Gasteiger partial charge in [-0.05, 0) is 6.54 Å². The molecule has 1 N–H and O–H groups in total. The summed E-state index contributed by atoms with van der Waals surface area (Å²) in [6.07, 6.45) is 2.77. The van der Waals surface area contributed by atoms with Crippen LogP contribution in [-0.2, 0) is 6.54 Å². The van der Waals surface area contributed by atoms with Gasteiger partial charge in [-0.1, -0.05) is 6.92 Å². The van der Waals surface area contributed by atoms with Crippen LogP contribution in [0.15, 0.2) is 5.38 Å². The van der Waals surface area contributed by atoms with Gasteiger partial charge >= 0.3 is 0 Å². The molecule has 0 atom stereocenters. The number of hydrogen-bond acceptors (Lipinski definition) is 3. The molecule has 0 spiro atoms. The Bertz CT molecular complexity index is 148. The molecular formula is C6H9N2S. The molecular weight excluding hydrogens is 132 g/mol. The third kappa shape index (κ3) is 2.11. The first kappa shape index (κ1) is 6.71. The molecule has 2 nitrogen and oxygen atoms in total. The van der Waals surface area contributed by atoms with Crippen molar-refractivity contribution in [1.29, 1.82) is 0 Å². The summed E-state index contributed by atoms with van der Waals surface area (Å²) in [4.78, 5) is 3.98. The summed E-state index contributed by atoms with van der Waals surface area (Å²) in [6, 6.07) is 0. The Labute approximate surface area is 58.9 Å². The Hall–Kier alpha value is -0.410. The minimum absolute atomic E-state index is 0.880. The third-order valence-electron chi connectivity index (χ3n) is 0.963. The molecule has 49 valence electrons. The van der Waals surface area contributed by atoms with Gasteiger partial charge in [-0.3, -0.25) is 0 Å².